The topological polar surface area (TPSA) is 61.0 Å². The summed E-state index contributed by atoms with van der Waals surface area (Å²) in [7, 11) is 1.84. The van der Waals surface area contributed by atoms with E-state index in [9.17, 15) is 4.79 Å². The highest BCUT2D eigenvalue weighted by Crippen LogP contribution is 2.13. The number of rotatable bonds is 3. The van der Waals surface area contributed by atoms with Crippen LogP contribution in [0, 0.1) is 0 Å². The van der Waals surface area contributed by atoms with Crippen LogP contribution in [0.3, 0.4) is 0 Å². The summed E-state index contributed by atoms with van der Waals surface area (Å²) in [5.41, 5.74) is 1.96. The number of nitrogens with one attached hydrogen (secondary N) is 2. The molecule has 1 unspecified atom stereocenters. The number of carbonyl (C=O) groups excluding carboxylic acids is 1. The van der Waals surface area contributed by atoms with E-state index in [1.807, 2.05) is 31.3 Å². The quantitative estimate of drug-likeness (QED) is 0.893. The van der Waals surface area contributed by atoms with E-state index in [0.29, 0.717) is 6.54 Å². The molecule has 3 rings (SSSR count). The lowest BCUT2D eigenvalue weighted by Crippen LogP contribution is -2.47. The predicted molar refractivity (Wildman–Crippen MR) is 78.2 cm³/mol. The number of hydrogen-bond donors (Lipinski definition) is 2. The Morgan fingerprint density at radius 3 is 3.00 bits per heavy atom. The molecular formula is C15H20N4O. The number of aromatic amines is 1. The fourth-order valence-electron chi connectivity index (χ4n) is 2.71. The van der Waals surface area contributed by atoms with Crippen molar-refractivity contribution < 1.29 is 4.79 Å². The molecule has 1 aliphatic rings. The Morgan fingerprint density at radius 1 is 1.40 bits per heavy atom. The Bertz CT molecular complexity index is 568. The third-order valence-corrected chi connectivity index (χ3v) is 3.81. The van der Waals surface area contributed by atoms with Crippen molar-refractivity contribution in [2.24, 2.45) is 0 Å². The molecule has 1 atom stereocenters. The first kappa shape index (κ1) is 13.1. The van der Waals surface area contributed by atoms with Crippen molar-refractivity contribution in [1.29, 1.82) is 0 Å². The van der Waals surface area contributed by atoms with Gasteiger partial charge >= 0.3 is 0 Å². The van der Waals surface area contributed by atoms with Crippen molar-refractivity contribution in [2.75, 3.05) is 13.6 Å². The molecule has 5 nitrogen and oxygen atoms in total. The van der Waals surface area contributed by atoms with Crippen LogP contribution in [-0.4, -0.2) is 40.4 Å². The van der Waals surface area contributed by atoms with Gasteiger partial charge in [0.1, 0.15) is 5.82 Å². The van der Waals surface area contributed by atoms with E-state index in [0.717, 1.165) is 42.7 Å². The van der Waals surface area contributed by atoms with Gasteiger partial charge in [-0.2, -0.15) is 0 Å². The zero-order valence-corrected chi connectivity index (χ0v) is 11.7. The lowest BCUT2D eigenvalue weighted by molar-refractivity contribution is -0.133. The number of fused-ring (bicyclic) bond motifs is 1. The van der Waals surface area contributed by atoms with Gasteiger partial charge in [0.25, 0.3) is 0 Å². The van der Waals surface area contributed by atoms with Crippen LogP contribution in [0.1, 0.15) is 25.1 Å². The van der Waals surface area contributed by atoms with E-state index in [2.05, 4.69) is 15.3 Å². The van der Waals surface area contributed by atoms with Crippen LogP contribution in [0.5, 0.6) is 0 Å². The fraction of sp³-hybridized carbons (Fsp3) is 0.467. The number of amides is 1. The van der Waals surface area contributed by atoms with E-state index in [-0.39, 0.29) is 11.9 Å². The number of nitrogens with zero attached hydrogens (tertiary/aromatic N) is 2. The number of aromatic nitrogens is 2. The van der Waals surface area contributed by atoms with Gasteiger partial charge < -0.3 is 15.2 Å². The molecule has 0 aliphatic carbocycles. The minimum absolute atomic E-state index is 0.0295. The molecule has 1 amide bonds. The van der Waals surface area contributed by atoms with Gasteiger partial charge in [0, 0.05) is 7.05 Å². The summed E-state index contributed by atoms with van der Waals surface area (Å²) < 4.78 is 0. The molecule has 1 aromatic heterocycles. The first-order chi connectivity index (χ1) is 9.74. The van der Waals surface area contributed by atoms with E-state index < -0.39 is 0 Å². The summed E-state index contributed by atoms with van der Waals surface area (Å²) in [5, 5.41) is 3.29. The first-order valence-corrected chi connectivity index (χ1v) is 7.16. The van der Waals surface area contributed by atoms with Gasteiger partial charge in [-0.1, -0.05) is 18.6 Å². The summed E-state index contributed by atoms with van der Waals surface area (Å²) >= 11 is 0. The molecule has 0 bridgehead atoms. The summed E-state index contributed by atoms with van der Waals surface area (Å²) in [6, 6.07) is 7.88. The number of carbonyl (C=O) groups is 1. The summed E-state index contributed by atoms with van der Waals surface area (Å²) in [4.78, 5) is 21.9. The second-order valence-electron chi connectivity index (χ2n) is 5.40. The van der Waals surface area contributed by atoms with Gasteiger partial charge in [-0.3, -0.25) is 4.79 Å². The van der Waals surface area contributed by atoms with Gasteiger partial charge in [-0.25, -0.2) is 4.98 Å². The molecule has 2 heterocycles. The second kappa shape index (κ2) is 5.63. The van der Waals surface area contributed by atoms with Crippen LogP contribution < -0.4 is 5.32 Å². The van der Waals surface area contributed by atoms with E-state index >= 15 is 0 Å². The number of piperidine rings is 1. The largest absolute Gasteiger partial charge is 0.340 e. The zero-order chi connectivity index (χ0) is 13.9. The van der Waals surface area contributed by atoms with Gasteiger partial charge in [-0.05, 0) is 31.5 Å². The van der Waals surface area contributed by atoms with Gasteiger partial charge in [0.05, 0.1) is 23.6 Å². The molecule has 1 fully saturated rings. The highest BCUT2D eigenvalue weighted by Gasteiger charge is 2.24. The van der Waals surface area contributed by atoms with E-state index in [4.69, 9.17) is 0 Å². The maximum Gasteiger partial charge on any atom is 0.239 e. The minimum Gasteiger partial charge on any atom is -0.340 e. The number of para-hydroxylation sites is 2. The molecule has 1 aromatic carbocycles. The summed E-state index contributed by atoms with van der Waals surface area (Å²) in [6.07, 6.45) is 3.22. The fourth-order valence-corrected chi connectivity index (χ4v) is 2.71. The van der Waals surface area contributed by atoms with Crippen LogP contribution in [-0.2, 0) is 11.3 Å². The van der Waals surface area contributed by atoms with Crippen LogP contribution >= 0.6 is 0 Å². The van der Waals surface area contributed by atoms with Gasteiger partial charge in [0.2, 0.25) is 5.91 Å². The highest BCUT2D eigenvalue weighted by molar-refractivity contribution is 5.82. The molecule has 0 spiro atoms. The van der Waals surface area contributed by atoms with Crippen LogP contribution in [0.4, 0.5) is 0 Å². The Hall–Kier alpha value is -1.88. The minimum atomic E-state index is -0.0295. The molecule has 2 aromatic rings. The molecule has 20 heavy (non-hydrogen) atoms. The molecule has 0 radical (unpaired) electrons. The number of hydrogen-bond acceptors (Lipinski definition) is 3. The van der Waals surface area contributed by atoms with Crippen LogP contribution in [0.2, 0.25) is 0 Å². The molecule has 0 saturated carbocycles. The van der Waals surface area contributed by atoms with Crippen LogP contribution in [0.15, 0.2) is 24.3 Å². The van der Waals surface area contributed by atoms with Crippen molar-refractivity contribution in [3.63, 3.8) is 0 Å². The van der Waals surface area contributed by atoms with Crippen molar-refractivity contribution >= 4 is 16.9 Å². The Morgan fingerprint density at radius 2 is 2.25 bits per heavy atom. The third kappa shape index (κ3) is 2.67. The average Bonchev–Trinajstić information content (AvgIpc) is 2.89. The van der Waals surface area contributed by atoms with Crippen molar-refractivity contribution in [2.45, 2.75) is 31.8 Å². The Balaban J connectivity index is 1.68. The standard InChI is InChI=1S/C15H20N4O/c1-19(15(20)13-8-4-5-9-16-13)10-14-17-11-6-2-3-7-12(11)18-14/h2-3,6-7,13,16H,4-5,8-10H2,1H3,(H,17,18). The van der Waals surface area contributed by atoms with Crippen molar-refractivity contribution in [3.05, 3.63) is 30.1 Å². The molecule has 2 N–H and O–H groups in total. The third-order valence-electron chi connectivity index (χ3n) is 3.81. The highest BCUT2D eigenvalue weighted by atomic mass is 16.2. The van der Waals surface area contributed by atoms with Crippen LogP contribution in [0.25, 0.3) is 11.0 Å². The average molecular weight is 272 g/mol. The number of imidazole rings is 1. The monoisotopic (exact) mass is 272 g/mol. The first-order valence-electron chi connectivity index (χ1n) is 7.16. The van der Waals surface area contributed by atoms with Gasteiger partial charge in [0.15, 0.2) is 0 Å². The maximum atomic E-state index is 12.3. The Kier molecular flexibility index (Phi) is 3.69. The van der Waals surface area contributed by atoms with Crippen molar-refractivity contribution in [3.8, 4) is 0 Å². The smallest absolute Gasteiger partial charge is 0.239 e. The molecule has 1 aliphatic heterocycles. The lowest BCUT2D eigenvalue weighted by Gasteiger charge is -2.26. The zero-order valence-electron chi connectivity index (χ0n) is 11.7. The molecule has 5 heteroatoms. The molecular weight excluding hydrogens is 252 g/mol. The van der Waals surface area contributed by atoms with Gasteiger partial charge in [-0.15, -0.1) is 0 Å². The Labute approximate surface area is 118 Å². The maximum absolute atomic E-state index is 12.3. The second-order valence-corrected chi connectivity index (χ2v) is 5.40. The predicted octanol–water partition coefficient (Wildman–Crippen LogP) is 1.66. The molecule has 106 valence electrons. The van der Waals surface area contributed by atoms with Crippen molar-refractivity contribution in [1.82, 2.24) is 20.2 Å². The normalized spacial score (nSPS) is 19.1. The van der Waals surface area contributed by atoms with E-state index in [1.54, 1.807) is 4.90 Å². The summed E-state index contributed by atoms with van der Waals surface area (Å²) in [5.74, 6) is 0.989. The SMILES string of the molecule is CN(Cc1nc2ccccc2[nH]1)C(=O)C1CCCCN1. The number of likely N-dealkylation sites (N-methyl/N-ethyl adjacent to an activating group) is 1. The lowest BCUT2D eigenvalue weighted by atomic mass is 10.0. The number of H-pyrrole nitrogens is 1. The summed E-state index contributed by atoms with van der Waals surface area (Å²) in [6.45, 7) is 1.46. The van der Waals surface area contributed by atoms with E-state index in [1.165, 1.54) is 0 Å². The number of benzene rings is 1. The molecule has 1 saturated heterocycles.